The number of carbonyl (C=O) groups excluding carboxylic acids is 1. The van der Waals surface area contributed by atoms with Gasteiger partial charge in [-0.25, -0.2) is 5.43 Å². The van der Waals surface area contributed by atoms with E-state index in [4.69, 9.17) is 0 Å². The van der Waals surface area contributed by atoms with E-state index >= 15 is 0 Å². The number of hydrogen-bond donors (Lipinski definition) is 1. The summed E-state index contributed by atoms with van der Waals surface area (Å²) in [4.78, 5) is 13.7. The molecule has 0 spiro atoms. The number of carbonyl (C=O) groups is 1. The molecule has 1 heterocycles. The fourth-order valence-corrected chi connectivity index (χ4v) is 4.43. The molecule has 0 bridgehead atoms. The van der Waals surface area contributed by atoms with Gasteiger partial charge in [0, 0.05) is 38.9 Å². The molecule has 4 rings (SSSR count). The van der Waals surface area contributed by atoms with Crippen molar-refractivity contribution in [2.24, 2.45) is 5.10 Å². The highest BCUT2D eigenvalue weighted by Crippen LogP contribution is 2.22. The quantitative estimate of drug-likeness (QED) is 0.213. The molecule has 0 radical (unpaired) electrons. The smallest absolute Gasteiger partial charge is 0.271 e. The van der Waals surface area contributed by atoms with Crippen LogP contribution in [-0.4, -0.2) is 16.7 Å². The number of hydrazone groups is 1. The lowest BCUT2D eigenvalue weighted by Gasteiger charge is -2.09. The van der Waals surface area contributed by atoms with Crippen LogP contribution in [0.25, 0.3) is 5.69 Å². The molecule has 0 aliphatic carbocycles. The average Bonchev–Trinajstić information content (AvgIpc) is 3.12. The highest BCUT2D eigenvalue weighted by Gasteiger charge is 2.09. The number of aryl methyl sites for hydroxylation is 1. The maximum atomic E-state index is 12.5. The van der Waals surface area contributed by atoms with Crippen LogP contribution in [0.5, 0.6) is 0 Å². The first kappa shape index (κ1) is 21.7. The van der Waals surface area contributed by atoms with Gasteiger partial charge in [0.2, 0.25) is 0 Å². The van der Waals surface area contributed by atoms with Crippen LogP contribution in [0.1, 0.15) is 32.9 Å². The first-order valence-corrected chi connectivity index (χ1v) is 11.4. The molecular weight excluding hydrogens is 414 g/mol. The third kappa shape index (κ3) is 5.18. The van der Waals surface area contributed by atoms with Crippen LogP contribution < -0.4 is 5.43 Å². The summed E-state index contributed by atoms with van der Waals surface area (Å²) in [5.41, 5.74) is 8.67. The van der Waals surface area contributed by atoms with Gasteiger partial charge in [-0.2, -0.15) is 5.10 Å². The largest absolute Gasteiger partial charge is 0.318 e. The summed E-state index contributed by atoms with van der Waals surface area (Å²) in [5, 5.41) is 4.18. The second-order valence-corrected chi connectivity index (χ2v) is 8.54. The Bertz CT molecular complexity index is 1210. The zero-order valence-corrected chi connectivity index (χ0v) is 19.0. The van der Waals surface area contributed by atoms with Gasteiger partial charge < -0.3 is 4.57 Å². The van der Waals surface area contributed by atoms with Crippen LogP contribution in [-0.2, 0) is 5.75 Å². The van der Waals surface area contributed by atoms with Crippen molar-refractivity contribution in [1.29, 1.82) is 0 Å². The number of rotatable bonds is 7. The summed E-state index contributed by atoms with van der Waals surface area (Å²) in [6.45, 7) is 4.11. The van der Waals surface area contributed by atoms with Crippen molar-refractivity contribution in [1.82, 2.24) is 9.99 Å². The Morgan fingerprint density at radius 1 is 0.938 bits per heavy atom. The van der Waals surface area contributed by atoms with Crippen molar-refractivity contribution in [3.63, 3.8) is 0 Å². The number of thioether (sulfide) groups is 1. The minimum absolute atomic E-state index is 0.222. The van der Waals surface area contributed by atoms with Crippen molar-refractivity contribution in [2.45, 2.75) is 24.5 Å². The van der Waals surface area contributed by atoms with E-state index in [2.05, 4.69) is 59.3 Å². The summed E-state index contributed by atoms with van der Waals surface area (Å²) in [6.07, 6.45) is 1.70. The summed E-state index contributed by atoms with van der Waals surface area (Å²) < 4.78 is 2.18. The van der Waals surface area contributed by atoms with E-state index in [1.165, 1.54) is 10.5 Å². The van der Waals surface area contributed by atoms with Crippen LogP contribution in [0, 0.1) is 13.8 Å². The van der Waals surface area contributed by atoms with E-state index in [-0.39, 0.29) is 5.91 Å². The molecule has 0 atom stereocenters. The second kappa shape index (κ2) is 10.2. The summed E-state index contributed by atoms with van der Waals surface area (Å²) in [6, 6.07) is 30.2. The number of amides is 1. The Balaban J connectivity index is 1.36. The predicted octanol–water partition coefficient (Wildman–Crippen LogP) is 6.15. The Hall–Kier alpha value is -3.57. The van der Waals surface area contributed by atoms with Crippen molar-refractivity contribution in [3.8, 4) is 5.69 Å². The van der Waals surface area contributed by atoms with E-state index in [0.717, 1.165) is 28.4 Å². The van der Waals surface area contributed by atoms with Crippen molar-refractivity contribution < 1.29 is 4.79 Å². The minimum atomic E-state index is -0.222. The average molecular weight is 440 g/mol. The number of para-hydroxylation sites is 1. The van der Waals surface area contributed by atoms with Gasteiger partial charge in [0.05, 0.1) is 6.21 Å². The van der Waals surface area contributed by atoms with Gasteiger partial charge >= 0.3 is 0 Å². The van der Waals surface area contributed by atoms with E-state index in [1.54, 1.807) is 18.0 Å². The van der Waals surface area contributed by atoms with Crippen molar-refractivity contribution >= 4 is 23.9 Å². The summed E-state index contributed by atoms with van der Waals surface area (Å²) in [7, 11) is 0. The molecule has 32 heavy (non-hydrogen) atoms. The second-order valence-electron chi connectivity index (χ2n) is 7.50. The van der Waals surface area contributed by atoms with Gasteiger partial charge in [0.1, 0.15) is 0 Å². The Morgan fingerprint density at radius 2 is 1.59 bits per heavy atom. The number of benzene rings is 3. The highest BCUT2D eigenvalue weighted by atomic mass is 32.2. The third-order valence-corrected chi connectivity index (χ3v) is 6.30. The van der Waals surface area contributed by atoms with Gasteiger partial charge in [0.25, 0.3) is 5.91 Å². The van der Waals surface area contributed by atoms with Crippen LogP contribution in [0.4, 0.5) is 0 Å². The van der Waals surface area contributed by atoms with Crippen LogP contribution >= 0.6 is 11.8 Å². The maximum absolute atomic E-state index is 12.5. The van der Waals surface area contributed by atoms with E-state index < -0.39 is 0 Å². The maximum Gasteiger partial charge on any atom is 0.271 e. The SMILES string of the molecule is Cc1cc(/C=N/NC(=O)c2ccc(CSc3ccccc3)cc2)c(C)n1-c1ccccc1. The molecule has 0 saturated carbocycles. The van der Waals surface area contributed by atoms with Gasteiger partial charge in [-0.1, -0.05) is 48.5 Å². The van der Waals surface area contributed by atoms with Gasteiger partial charge in [-0.3, -0.25) is 4.79 Å². The standard InChI is InChI=1S/C27H25N3OS/c1-20-17-24(21(2)30(20)25-9-5-3-6-10-25)18-28-29-27(31)23-15-13-22(14-16-23)19-32-26-11-7-4-8-12-26/h3-18H,19H2,1-2H3,(H,29,31)/b28-18+. The van der Waals surface area contributed by atoms with Crippen molar-refractivity contribution in [2.75, 3.05) is 0 Å². The minimum Gasteiger partial charge on any atom is -0.318 e. The van der Waals surface area contributed by atoms with Crippen LogP contribution in [0.3, 0.4) is 0 Å². The monoisotopic (exact) mass is 439 g/mol. The molecule has 160 valence electrons. The molecule has 1 amide bonds. The molecular formula is C27H25N3OS. The van der Waals surface area contributed by atoms with Crippen LogP contribution in [0.2, 0.25) is 0 Å². The molecule has 3 aromatic carbocycles. The fraction of sp³-hybridized carbons (Fsp3) is 0.111. The molecule has 0 aliphatic rings. The fourth-order valence-electron chi connectivity index (χ4n) is 3.55. The van der Waals surface area contributed by atoms with Gasteiger partial charge in [-0.15, -0.1) is 11.8 Å². The van der Waals surface area contributed by atoms with E-state index in [9.17, 15) is 4.79 Å². The molecule has 0 fully saturated rings. The first-order chi connectivity index (χ1) is 15.6. The Labute approximate surface area is 193 Å². The summed E-state index contributed by atoms with van der Waals surface area (Å²) >= 11 is 1.78. The van der Waals surface area contributed by atoms with E-state index in [1.807, 2.05) is 60.7 Å². The number of nitrogens with zero attached hydrogens (tertiary/aromatic N) is 2. The van der Waals surface area contributed by atoms with Crippen molar-refractivity contribution in [3.05, 3.63) is 119 Å². The zero-order valence-electron chi connectivity index (χ0n) is 18.2. The normalized spacial score (nSPS) is 11.1. The number of hydrogen-bond acceptors (Lipinski definition) is 3. The molecule has 1 N–H and O–H groups in total. The molecule has 0 aliphatic heterocycles. The number of nitrogens with one attached hydrogen (secondary N) is 1. The topological polar surface area (TPSA) is 46.4 Å². The highest BCUT2D eigenvalue weighted by molar-refractivity contribution is 7.98. The molecule has 0 unspecified atom stereocenters. The third-order valence-electron chi connectivity index (χ3n) is 5.22. The molecule has 5 heteroatoms. The molecule has 0 saturated heterocycles. The lowest BCUT2D eigenvalue weighted by molar-refractivity contribution is 0.0955. The molecule has 1 aromatic heterocycles. The van der Waals surface area contributed by atoms with Gasteiger partial charge in [-0.05, 0) is 61.9 Å². The van der Waals surface area contributed by atoms with E-state index in [0.29, 0.717) is 5.56 Å². The zero-order chi connectivity index (χ0) is 22.3. The molecule has 4 aromatic rings. The predicted molar refractivity (Wildman–Crippen MR) is 133 cm³/mol. The van der Waals surface area contributed by atoms with Crippen LogP contribution in [0.15, 0.2) is 101 Å². The lowest BCUT2D eigenvalue weighted by atomic mass is 10.1. The Kier molecular flexibility index (Phi) is 6.87. The first-order valence-electron chi connectivity index (χ1n) is 10.5. The molecule has 4 nitrogen and oxygen atoms in total. The Morgan fingerprint density at radius 3 is 2.28 bits per heavy atom. The number of aromatic nitrogens is 1. The van der Waals surface area contributed by atoms with Gasteiger partial charge in [0.15, 0.2) is 0 Å². The summed E-state index contributed by atoms with van der Waals surface area (Å²) in [5.74, 6) is 0.640. The lowest BCUT2D eigenvalue weighted by Crippen LogP contribution is -2.17.